The van der Waals surface area contributed by atoms with Gasteiger partial charge in [-0.25, -0.2) is 0 Å². The second kappa shape index (κ2) is 5.11. The smallest absolute Gasteiger partial charge is 0.158 e. The Bertz CT molecular complexity index is 148. The summed E-state index contributed by atoms with van der Waals surface area (Å²) in [4.78, 5) is 11.2. The van der Waals surface area contributed by atoms with Gasteiger partial charge in [-0.15, -0.1) is 0 Å². The third-order valence-corrected chi connectivity index (χ3v) is 1.82. The van der Waals surface area contributed by atoms with Crippen molar-refractivity contribution in [3.8, 4) is 0 Å². The molecule has 0 rings (SSSR count). The van der Waals surface area contributed by atoms with Crippen molar-refractivity contribution in [2.24, 2.45) is 5.92 Å². The molecule has 0 unspecified atom stereocenters. The fourth-order valence-electron chi connectivity index (χ4n) is 0.822. The van der Waals surface area contributed by atoms with E-state index in [1.807, 2.05) is 13.8 Å². The zero-order valence-corrected chi connectivity index (χ0v) is 7.98. The fourth-order valence-corrected chi connectivity index (χ4v) is 0.822. The molecule has 0 fully saturated rings. The minimum atomic E-state index is 0.142. The van der Waals surface area contributed by atoms with Crippen LogP contribution in [0, 0.1) is 5.92 Å². The minimum absolute atomic E-state index is 0.142. The predicted octanol–water partition coefficient (Wildman–Crippen LogP) is 2.96. The van der Waals surface area contributed by atoms with Crippen molar-refractivity contribution >= 4 is 5.78 Å². The Morgan fingerprint density at radius 2 is 1.73 bits per heavy atom. The predicted molar refractivity (Wildman–Crippen MR) is 48.5 cm³/mol. The SMILES string of the molecule is CCC(=CC(=O)C(C)C)CC. The van der Waals surface area contributed by atoms with Gasteiger partial charge >= 0.3 is 0 Å². The number of ketones is 1. The van der Waals surface area contributed by atoms with Gasteiger partial charge in [0.15, 0.2) is 5.78 Å². The molecule has 64 valence electrons. The van der Waals surface area contributed by atoms with Crippen molar-refractivity contribution in [2.45, 2.75) is 40.5 Å². The average Bonchev–Trinajstić information content (AvgIpc) is 1.99. The average molecular weight is 154 g/mol. The molecular weight excluding hydrogens is 136 g/mol. The maximum absolute atomic E-state index is 11.2. The molecule has 0 aliphatic heterocycles. The van der Waals surface area contributed by atoms with Crippen molar-refractivity contribution < 1.29 is 4.79 Å². The molecule has 0 amide bonds. The zero-order valence-electron chi connectivity index (χ0n) is 7.98. The van der Waals surface area contributed by atoms with E-state index >= 15 is 0 Å². The highest BCUT2D eigenvalue weighted by atomic mass is 16.1. The molecule has 0 spiro atoms. The monoisotopic (exact) mass is 154 g/mol. The van der Waals surface area contributed by atoms with Crippen LogP contribution in [0.4, 0.5) is 0 Å². The van der Waals surface area contributed by atoms with E-state index in [2.05, 4.69) is 13.8 Å². The highest BCUT2D eigenvalue weighted by Gasteiger charge is 2.03. The fraction of sp³-hybridized carbons (Fsp3) is 0.700. The van der Waals surface area contributed by atoms with Gasteiger partial charge in [0, 0.05) is 5.92 Å². The number of rotatable bonds is 4. The van der Waals surface area contributed by atoms with Crippen molar-refractivity contribution in [3.05, 3.63) is 11.6 Å². The highest BCUT2D eigenvalue weighted by Crippen LogP contribution is 2.07. The second-order valence-corrected chi connectivity index (χ2v) is 3.07. The zero-order chi connectivity index (χ0) is 8.85. The molecule has 0 aromatic carbocycles. The summed E-state index contributed by atoms with van der Waals surface area (Å²) in [5, 5.41) is 0. The lowest BCUT2D eigenvalue weighted by molar-refractivity contribution is -0.117. The van der Waals surface area contributed by atoms with E-state index in [1.165, 1.54) is 5.57 Å². The van der Waals surface area contributed by atoms with Gasteiger partial charge in [0.2, 0.25) is 0 Å². The molecule has 0 saturated carbocycles. The molecule has 0 radical (unpaired) electrons. The van der Waals surface area contributed by atoms with Crippen LogP contribution < -0.4 is 0 Å². The van der Waals surface area contributed by atoms with Gasteiger partial charge in [-0.2, -0.15) is 0 Å². The van der Waals surface area contributed by atoms with E-state index in [-0.39, 0.29) is 11.7 Å². The van der Waals surface area contributed by atoms with Crippen LogP contribution in [0.2, 0.25) is 0 Å². The van der Waals surface area contributed by atoms with Crippen molar-refractivity contribution in [3.63, 3.8) is 0 Å². The summed E-state index contributed by atoms with van der Waals surface area (Å²) in [7, 11) is 0. The van der Waals surface area contributed by atoms with Crippen LogP contribution in [0.3, 0.4) is 0 Å². The van der Waals surface area contributed by atoms with Crippen LogP contribution in [0.25, 0.3) is 0 Å². The molecular formula is C10H18O. The van der Waals surface area contributed by atoms with Crippen LogP contribution in [0.15, 0.2) is 11.6 Å². The first-order valence-electron chi connectivity index (χ1n) is 4.35. The van der Waals surface area contributed by atoms with Crippen LogP contribution in [0.5, 0.6) is 0 Å². The first-order chi connectivity index (χ1) is 5.11. The molecule has 0 aromatic heterocycles. The Hall–Kier alpha value is -0.590. The molecule has 1 nitrogen and oxygen atoms in total. The van der Waals surface area contributed by atoms with Gasteiger partial charge in [-0.05, 0) is 18.9 Å². The van der Waals surface area contributed by atoms with E-state index in [9.17, 15) is 4.79 Å². The molecule has 0 aliphatic rings. The normalized spacial score (nSPS) is 9.91. The summed E-state index contributed by atoms with van der Waals surface area (Å²) < 4.78 is 0. The third-order valence-electron chi connectivity index (χ3n) is 1.82. The first kappa shape index (κ1) is 10.4. The topological polar surface area (TPSA) is 17.1 Å². The number of carbonyl (C=O) groups excluding carboxylic acids is 1. The molecule has 0 N–H and O–H groups in total. The summed E-state index contributed by atoms with van der Waals surface area (Å²) in [6.45, 7) is 8.04. The van der Waals surface area contributed by atoms with Gasteiger partial charge < -0.3 is 0 Å². The Balaban J connectivity index is 4.15. The Morgan fingerprint density at radius 1 is 1.27 bits per heavy atom. The third kappa shape index (κ3) is 3.97. The number of hydrogen-bond acceptors (Lipinski definition) is 1. The van der Waals surface area contributed by atoms with E-state index < -0.39 is 0 Å². The molecule has 0 heterocycles. The van der Waals surface area contributed by atoms with Gasteiger partial charge in [-0.1, -0.05) is 33.3 Å². The number of carbonyl (C=O) groups is 1. The lowest BCUT2D eigenvalue weighted by Gasteiger charge is -2.01. The Labute approximate surface area is 69.5 Å². The number of allylic oxidation sites excluding steroid dienone is 2. The summed E-state index contributed by atoms with van der Waals surface area (Å²) in [5.41, 5.74) is 1.25. The van der Waals surface area contributed by atoms with Gasteiger partial charge in [0.1, 0.15) is 0 Å². The largest absolute Gasteiger partial charge is 0.295 e. The maximum atomic E-state index is 11.2. The lowest BCUT2D eigenvalue weighted by atomic mass is 10.0. The molecule has 0 aromatic rings. The quantitative estimate of drug-likeness (QED) is 0.569. The summed E-state index contributed by atoms with van der Waals surface area (Å²) >= 11 is 0. The van der Waals surface area contributed by atoms with Crippen LogP contribution in [0.1, 0.15) is 40.5 Å². The standard InChI is InChI=1S/C10H18O/c1-5-9(6-2)7-10(11)8(3)4/h7-8H,5-6H2,1-4H3. The highest BCUT2D eigenvalue weighted by molar-refractivity contribution is 5.91. The molecule has 0 saturated heterocycles. The van der Waals surface area contributed by atoms with Gasteiger partial charge in [0.25, 0.3) is 0 Å². The summed E-state index contributed by atoms with van der Waals surface area (Å²) in [5.74, 6) is 0.395. The maximum Gasteiger partial charge on any atom is 0.158 e. The summed E-state index contributed by atoms with van der Waals surface area (Å²) in [6.07, 6.45) is 3.79. The van der Waals surface area contributed by atoms with Crippen molar-refractivity contribution in [1.29, 1.82) is 0 Å². The molecule has 1 heteroatoms. The van der Waals surface area contributed by atoms with Gasteiger partial charge in [-0.3, -0.25) is 4.79 Å². The van der Waals surface area contributed by atoms with Crippen LogP contribution >= 0.6 is 0 Å². The molecule has 11 heavy (non-hydrogen) atoms. The molecule has 0 aliphatic carbocycles. The summed E-state index contributed by atoms with van der Waals surface area (Å²) in [6, 6.07) is 0. The Kier molecular flexibility index (Phi) is 4.84. The molecule has 0 atom stereocenters. The van der Waals surface area contributed by atoms with E-state index in [0.717, 1.165) is 12.8 Å². The molecule has 0 bridgehead atoms. The lowest BCUT2D eigenvalue weighted by Crippen LogP contribution is -2.03. The van der Waals surface area contributed by atoms with Gasteiger partial charge in [0.05, 0.1) is 0 Å². The Morgan fingerprint density at radius 3 is 2.00 bits per heavy atom. The minimum Gasteiger partial charge on any atom is -0.295 e. The van der Waals surface area contributed by atoms with Crippen LogP contribution in [-0.4, -0.2) is 5.78 Å². The van der Waals surface area contributed by atoms with E-state index in [0.29, 0.717) is 0 Å². The second-order valence-electron chi connectivity index (χ2n) is 3.07. The van der Waals surface area contributed by atoms with Crippen molar-refractivity contribution in [2.75, 3.05) is 0 Å². The number of hydrogen-bond donors (Lipinski definition) is 0. The van der Waals surface area contributed by atoms with Crippen molar-refractivity contribution in [1.82, 2.24) is 0 Å². The first-order valence-corrected chi connectivity index (χ1v) is 4.35. The van der Waals surface area contributed by atoms with Crippen LogP contribution in [-0.2, 0) is 4.79 Å². The van der Waals surface area contributed by atoms with E-state index in [1.54, 1.807) is 6.08 Å². The van der Waals surface area contributed by atoms with E-state index in [4.69, 9.17) is 0 Å².